The fourth-order valence-corrected chi connectivity index (χ4v) is 4.44. The SMILES string of the molecule is CCn1cc(CCC(C)NS(=O)(=O)c2ccc(F)cc2)c2ccccc21. The summed E-state index contributed by atoms with van der Waals surface area (Å²) in [4.78, 5) is 0.0772. The summed E-state index contributed by atoms with van der Waals surface area (Å²) in [6.45, 7) is 4.85. The highest BCUT2D eigenvalue weighted by Gasteiger charge is 2.18. The number of nitrogens with one attached hydrogen (secondary N) is 1. The number of fused-ring (bicyclic) bond motifs is 1. The molecule has 138 valence electrons. The van der Waals surface area contributed by atoms with E-state index in [1.807, 2.05) is 19.1 Å². The highest BCUT2D eigenvalue weighted by molar-refractivity contribution is 7.89. The van der Waals surface area contributed by atoms with Crippen molar-refractivity contribution in [2.45, 2.75) is 44.2 Å². The van der Waals surface area contributed by atoms with Crippen LogP contribution in [0.3, 0.4) is 0 Å². The summed E-state index contributed by atoms with van der Waals surface area (Å²) >= 11 is 0. The minimum Gasteiger partial charge on any atom is -0.347 e. The van der Waals surface area contributed by atoms with E-state index >= 15 is 0 Å². The second kappa shape index (κ2) is 7.60. The Kier molecular flexibility index (Phi) is 5.44. The van der Waals surface area contributed by atoms with Crippen molar-refractivity contribution in [2.24, 2.45) is 0 Å². The number of hydrogen-bond donors (Lipinski definition) is 1. The van der Waals surface area contributed by atoms with Crippen LogP contribution in [0.1, 0.15) is 25.8 Å². The topological polar surface area (TPSA) is 51.1 Å². The highest BCUT2D eigenvalue weighted by Crippen LogP contribution is 2.23. The molecule has 0 saturated carbocycles. The monoisotopic (exact) mass is 374 g/mol. The first-order valence-electron chi connectivity index (χ1n) is 8.75. The van der Waals surface area contributed by atoms with Gasteiger partial charge in [0, 0.05) is 29.7 Å². The van der Waals surface area contributed by atoms with Crippen LogP contribution in [0.25, 0.3) is 10.9 Å². The zero-order valence-corrected chi connectivity index (χ0v) is 15.8. The Balaban J connectivity index is 1.69. The van der Waals surface area contributed by atoms with Crippen molar-refractivity contribution in [3.8, 4) is 0 Å². The largest absolute Gasteiger partial charge is 0.347 e. The number of aryl methyl sites for hydroxylation is 2. The van der Waals surface area contributed by atoms with Crippen LogP contribution in [-0.4, -0.2) is 19.0 Å². The van der Waals surface area contributed by atoms with Gasteiger partial charge in [0.15, 0.2) is 0 Å². The number of halogens is 1. The number of hydrogen-bond acceptors (Lipinski definition) is 2. The highest BCUT2D eigenvalue weighted by atomic mass is 32.2. The maximum Gasteiger partial charge on any atom is 0.240 e. The molecule has 2 aromatic carbocycles. The molecular weight excluding hydrogens is 351 g/mol. The molecule has 0 saturated heterocycles. The van der Waals surface area contributed by atoms with Crippen molar-refractivity contribution in [1.29, 1.82) is 0 Å². The molecule has 1 unspecified atom stereocenters. The third kappa shape index (κ3) is 3.97. The van der Waals surface area contributed by atoms with Crippen LogP contribution in [0.2, 0.25) is 0 Å². The Bertz CT molecular complexity index is 994. The van der Waals surface area contributed by atoms with E-state index in [1.165, 1.54) is 28.6 Å². The van der Waals surface area contributed by atoms with Gasteiger partial charge < -0.3 is 4.57 Å². The number of nitrogens with zero attached hydrogens (tertiary/aromatic N) is 1. The average Bonchev–Trinajstić information content (AvgIpc) is 2.98. The Labute approximate surface area is 153 Å². The summed E-state index contributed by atoms with van der Waals surface area (Å²) in [7, 11) is -3.64. The molecule has 0 aliphatic rings. The molecular formula is C20H23FN2O2S. The molecule has 3 rings (SSSR count). The molecule has 0 aliphatic carbocycles. The van der Waals surface area contributed by atoms with Gasteiger partial charge in [0.25, 0.3) is 0 Å². The molecule has 1 atom stereocenters. The maximum absolute atomic E-state index is 13.0. The van der Waals surface area contributed by atoms with Gasteiger partial charge in [0.2, 0.25) is 10.0 Å². The minimum atomic E-state index is -3.64. The third-order valence-corrected chi connectivity index (χ3v) is 6.14. The van der Waals surface area contributed by atoms with E-state index in [2.05, 4.69) is 34.5 Å². The van der Waals surface area contributed by atoms with Crippen molar-refractivity contribution >= 4 is 20.9 Å². The number of aromatic nitrogens is 1. The van der Waals surface area contributed by atoms with Crippen LogP contribution in [0.5, 0.6) is 0 Å². The first kappa shape index (κ1) is 18.6. The predicted octanol–water partition coefficient (Wildman–Crippen LogP) is 4.10. The fourth-order valence-electron chi connectivity index (χ4n) is 3.16. The van der Waals surface area contributed by atoms with E-state index in [9.17, 15) is 12.8 Å². The van der Waals surface area contributed by atoms with Gasteiger partial charge in [-0.2, -0.15) is 0 Å². The van der Waals surface area contributed by atoms with Crippen LogP contribution >= 0.6 is 0 Å². The lowest BCUT2D eigenvalue weighted by Crippen LogP contribution is -2.32. The van der Waals surface area contributed by atoms with E-state index in [0.717, 1.165) is 25.1 Å². The van der Waals surface area contributed by atoms with Gasteiger partial charge in [-0.25, -0.2) is 17.5 Å². The van der Waals surface area contributed by atoms with Crippen molar-refractivity contribution in [3.05, 3.63) is 66.1 Å². The molecule has 0 spiro atoms. The molecule has 0 amide bonds. The van der Waals surface area contributed by atoms with Crippen molar-refractivity contribution in [1.82, 2.24) is 9.29 Å². The van der Waals surface area contributed by atoms with Gasteiger partial charge in [-0.3, -0.25) is 0 Å². The van der Waals surface area contributed by atoms with Crippen molar-refractivity contribution < 1.29 is 12.8 Å². The van der Waals surface area contributed by atoms with E-state index in [1.54, 1.807) is 0 Å². The second-order valence-corrected chi connectivity index (χ2v) is 8.19. The van der Waals surface area contributed by atoms with Gasteiger partial charge >= 0.3 is 0 Å². The first-order chi connectivity index (χ1) is 12.4. The van der Waals surface area contributed by atoms with E-state index in [-0.39, 0.29) is 10.9 Å². The molecule has 0 aliphatic heterocycles. The number of rotatable bonds is 7. The molecule has 0 radical (unpaired) electrons. The lowest BCUT2D eigenvalue weighted by molar-refractivity contribution is 0.546. The molecule has 1 aromatic heterocycles. The molecule has 4 nitrogen and oxygen atoms in total. The molecule has 3 aromatic rings. The van der Waals surface area contributed by atoms with Crippen molar-refractivity contribution in [3.63, 3.8) is 0 Å². The summed E-state index contributed by atoms with van der Waals surface area (Å²) in [6.07, 6.45) is 3.60. The predicted molar refractivity (Wildman–Crippen MR) is 102 cm³/mol. The Hall–Kier alpha value is -2.18. The molecule has 1 N–H and O–H groups in total. The van der Waals surface area contributed by atoms with E-state index in [4.69, 9.17) is 0 Å². The van der Waals surface area contributed by atoms with Gasteiger partial charge in [-0.05, 0) is 62.6 Å². The molecule has 0 bridgehead atoms. The standard InChI is InChI=1S/C20H23FN2O2S/c1-3-23-14-16(19-6-4-5-7-20(19)23)9-8-15(2)22-26(24,25)18-12-10-17(21)11-13-18/h4-7,10-15,22H,3,8-9H2,1-2H3. The molecule has 0 fully saturated rings. The van der Waals surface area contributed by atoms with Gasteiger partial charge in [-0.15, -0.1) is 0 Å². The summed E-state index contributed by atoms with van der Waals surface area (Å²) in [6, 6.07) is 12.9. The number of sulfonamides is 1. The minimum absolute atomic E-state index is 0.0772. The zero-order chi connectivity index (χ0) is 18.7. The molecule has 6 heteroatoms. The zero-order valence-electron chi connectivity index (χ0n) is 14.9. The summed E-state index contributed by atoms with van der Waals surface area (Å²) < 4.78 is 42.6. The number of benzene rings is 2. The quantitative estimate of drug-likeness (QED) is 0.677. The fraction of sp³-hybridized carbons (Fsp3) is 0.300. The second-order valence-electron chi connectivity index (χ2n) is 6.47. The van der Waals surface area contributed by atoms with Gasteiger partial charge in [0.1, 0.15) is 5.82 Å². The van der Waals surface area contributed by atoms with Crippen LogP contribution in [-0.2, 0) is 23.0 Å². The van der Waals surface area contributed by atoms with Gasteiger partial charge in [-0.1, -0.05) is 18.2 Å². The molecule has 26 heavy (non-hydrogen) atoms. The summed E-state index contributed by atoms with van der Waals surface area (Å²) in [5, 5.41) is 1.21. The van der Waals surface area contributed by atoms with Crippen LogP contribution < -0.4 is 4.72 Å². The Morgan fingerprint density at radius 3 is 2.50 bits per heavy atom. The van der Waals surface area contributed by atoms with Crippen LogP contribution in [0.15, 0.2) is 59.6 Å². The van der Waals surface area contributed by atoms with Gasteiger partial charge in [0.05, 0.1) is 4.90 Å². The third-order valence-electron chi connectivity index (χ3n) is 4.54. The lowest BCUT2D eigenvalue weighted by Gasteiger charge is -2.14. The maximum atomic E-state index is 13.0. The smallest absolute Gasteiger partial charge is 0.240 e. The van der Waals surface area contributed by atoms with Crippen LogP contribution in [0.4, 0.5) is 4.39 Å². The number of para-hydroxylation sites is 1. The van der Waals surface area contributed by atoms with Crippen LogP contribution in [0, 0.1) is 5.82 Å². The lowest BCUT2D eigenvalue weighted by atomic mass is 10.1. The van der Waals surface area contributed by atoms with E-state index in [0.29, 0.717) is 6.42 Å². The Morgan fingerprint density at radius 1 is 1.12 bits per heavy atom. The normalized spacial score (nSPS) is 13.2. The first-order valence-corrected chi connectivity index (χ1v) is 10.2. The van der Waals surface area contributed by atoms with Crippen molar-refractivity contribution in [2.75, 3.05) is 0 Å². The summed E-state index contributed by atoms with van der Waals surface area (Å²) in [5.41, 5.74) is 2.42. The van der Waals surface area contributed by atoms with E-state index < -0.39 is 15.8 Å². The average molecular weight is 374 g/mol. The Morgan fingerprint density at radius 2 is 1.81 bits per heavy atom. The molecule has 1 heterocycles. The summed E-state index contributed by atoms with van der Waals surface area (Å²) in [5.74, 6) is -0.454.